The van der Waals surface area contributed by atoms with Gasteiger partial charge >= 0.3 is 0 Å². The molecule has 1 aliphatic heterocycles. The summed E-state index contributed by atoms with van der Waals surface area (Å²) >= 11 is 1.74. The molecule has 3 N–H and O–H groups in total. The van der Waals surface area contributed by atoms with Gasteiger partial charge in [-0.15, -0.1) is 11.8 Å². The Morgan fingerprint density at radius 3 is 2.67 bits per heavy atom. The predicted octanol–water partition coefficient (Wildman–Crippen LogP) is 3.09. The molecule has 1 heterocycles. The molecule has 21 heavy (non-hydrogen) atoms. The van der Waals surface area contributed by atoms with Gasteiger partial charge in [-0.2, -0.15) is 0 Å². The van der Waals surface area contributed by atoms with Crippen molar-refractivity contribution in [2.45, 2.75) is 37.7 Å². The Labute approximate surface area is 131 Å². The number of thioether (sulfide) groups is 1. The Bertz CT molecular complexity index is 484. The smallest absolute Gasteiger partial charge is 0.126 e. The molecular weight excluding hydrogens is 282 g/mol. The molecule has 0 saturated carbocycles. The van der Waals surface area contributed by atoms with Gasteiger partial charge in [0.15, 0.2) is 0 Å². The number of rotatable bonds is 6. The largest absolute Gasteiger partial charge is 0.384 e. The zero-order valence-corrected chi connectivity index (χ0v) is 13.7. The minimum absolute atomic E-state index is 0.161. The third-order valence-corrected chi connectivity index (χ3v) is 4.70. The van der Waals surface area contributed by atoms with Crippen molar-refractivity contribution in [1.82, 2.24) is 0 Å². The van der Waals surface area contributed by atoms with Crippen LogP contribution in [0.5, 0.6) is 0 Å². The van der Waals surface area contributed by atoms with Crippen molar-refractivity contribution in [2.75, 3.05) is 30.3 Å². The molecule has 1 fully saturated rings. The second-order valence-electron chi connectivity index (χ2n) is 5.14. The second-order valence-corrected chi connectivity index (χ2v) is 6.44. The Morgan fingerprint density at radius 1 is 1.38 bits per heavy atom. The van der Waals surface area contributed by atoms with Gasteiger partial charge in [0.1, 0.15) is 5.84 Å². The van der Waals surface area contributed by atoms with Crippen LogP contribution in [-0.2, 0) is 4.74 Å². The van der Waals surface area contributed by atoms with E-state index in [0.29, 0.717) is 6.10 Å². The van der Waals surface area contributed by atoms with Crippen LogP contribution >= 0.6 is 11.8 Å². The van der Waals surface area contributed by atoms with Crippen molar-refractivity contribution >= 4 is 23.3 Å². The fourth-order valence-electron chi connectivity index (χ4n) is 2.83. The molecule has 0 bridgehead atoms. The summed E-state index contributed by atoms with van der Waals surface area (Å²) in [6.07, 6.45) is 2.45. The summed E-state index contributed by atoms with van der Waals surface area (Å²) in [6.45, 7) is 6.88. The molecule has 0 spiro atoms. The highest BCUT2D eigenvalue weighted by molar-refractivity contribution is 7.99. The van der Waals surface area contributed by atoms with Crippen LogP contribution in [0.25, 0.3) is 0 Å². The lowest BCUT2D eigenvalue weighted by Gasteiger charge is -2.34. The molecule has 0 aromatic heterocycles. The summed E-state index contributed by atoms with van der Waals surface area (Å²) in [7, 11) is 0. The van der Waals surface area contributed by atoms with Crippen molar-refractivity contribution in [3.8, 4) is 0 Å². The first-order valence-electron chi connectivity index (χ1n) is 7.64. The van der Waals surface area contributed by atoms with E-state index >= 15 is 0 Å². The average molecular weight is 307 g/mol. The number of anilines is 1. The van der Waals surface area contributed by atoms with Crippen molar-refractivity contribution in [1.29, 1.82) is 5.41 Å². The van der Waals surface area contributed by atoms with E-state index in [1.165, 1.54) is 0 Å². The fourth-order valence-corrected chi connectivity index (χ4v) is 3.67. The van der Waals surface area contributed by atoms with Crippen LogP contribution in [0.15, 0.2) is 23.1 Å². The molecule has 5 heteroatoms. The molecule has 1 saturated heterocycles. The Balaban J connectivity index is 2.20. The van der Waals surface area contributed by atoms with Crippen molar-refractivity contribution in [2.24, 2.45) is 5.73 Å². The van der Waals surface area contributed by atoms with Crippen LogP contribution in [0.2, 0.25) is 0 Å². The summed E-state index contributed by atoms with van der Waals surface area (Å²) in [5.74, 6) is 1.14. The number of amidine groups is 1. The third-order valence-electron chi connectivity index (χ3n) is 3.76. The number of hydrogen-bond acceptors (Lipinski definition) is 4. The maximum atomic E-state index is 7.93. The van der Waals surface area contributed by atoms with E-state index in [2.05, 4.69) is 30.0 Å². The van der Waals surface area contributed by atoms with Gasteiger partial charge < -0.3 is 15.4 Å². The quantitative estimate of drug-likeness (QED) is 0.481. The molecule has 4 nitrogen and oxygen atoms in total. The molecule has 116 valence electrons. The zero-order valence-electron chi connectivity index (χ0n) is 12.9. The van der Waals surface area contributed by atoms with Crippen LogP contribution in [0, 0.1) is 5.41 Å². The fraction of sp³-hybridized carbons (Fsp3) is 0.562. The number of nitrogen functional groups attached to an aromatic ring is 1. The van der Waals surface area contributed by atoms with Crippen LogP contribution in [-0.4, -0.2) is 37.4 Å². The number of benzene rings is 1. The van der Waals surface area contributed by atoms with Crippen LogP contribution in [0.3, 0.4) is 0 Å². The van der Waals surface area contributed by atoms with Gasteiger partial charge in [-0.05, 0) is 37.7 Å². The molecule has 0 aliphatic carbocycles. The molecule has 0 atom stereocenters. The van der Waals surface area contributed by atoms with E-state index in [9.17, 15) is 0 Å². The Kier molecular flexibility index (Phi) is 5.94. The molecule has 2 rings (SSSR count). The molecule has 0 unspecified atom stereocenters. The first kappa shape index (κ1) is 16.2. The van der Waals surface area contributed by atoms with Crippen molar-refractivity contribution < 1.29 is 4.74 Å². The van der Waals surface area contributed by atoms with Gasteiger partial charge in [-0.3, -0.25) is 5.41 Å². The molecule has 1 aromatic carbocycles. The van der Waals surface area contributed by atoms with E-state index in [0.717, 1.165) is 54.4 Å². The van der Waals surface area contributed by atoms with Gasteiger partial charge in [0.2, 0.25) is 0 Å². The maximum Gasteiger partial charge on any atom is 0.126 e. The maximum absolute atomic E-state index is 7.93. The predicted molar refractivity (Wildman–Crippen MR) is 90.7 cm³/mol. The van der Waals surface area contributed by atoms with Gasteiger partial charge in [-0.25, -0.2) is 0 Å². The molecule has 1 aliphatic rings. The lowest BCUT2D eigenvalue weighted by Crippen LogP contribution is -2.38. The van der Waals surface area contributed by atoms with E-state index in [1.807, 2.05) is 6.92 Å². The highest BCUT2D eigenvalue weighted by atomic mass is 32.2. The average Bonchev–Trinajstić information content (AvgIpc) is 2.48. The summed E-state index contributed by atoms with van der Waals surface area (Å²) in [5, 5.41) is 7.93. The van der Waals surface area contributed by atoms with Gasteiger partial charge in [0.05, 0.1) is 11.7 Å². The number of ether oxygens (including phenoxy) is 1. The molecule has 0 amide bonds. The lowest BCUT2D eigenvalue weighted by atomic mass is 10.0. The van der Waals surface area contributed by atoms with Gasteiger partial charge in [-0.1, -0.05) is 13.0 Å². The molecule has 1 aromatic rings. The molecule has 0 radical (unpaired) electrons. The van der Waals surface area contributed by atoms with Crippen molar-refractivity contribution in [3.05, 3.63) is 23.8 Å². The van der Waals surface area contributed by atoms with Crippen LogP contribution in [0.1, 0.15) is 32.3 Å². The topological polar surface area (TPSA) is 62.3 Å². The SMILES string of the molecule is CCOC1CCN(c2cccc(SCC)c2C(=N)N)CC1. The van der Waals surface area contributed by atoms with E-state index in [1.54, 1.807) is 11.8 Å². The van der Waals surface area contributed by atoms with Crippen LogP contribution < -0.4 is 10.6 Å². The second kappa shape index (κ2) is 7.71. The number of hydrogen-bond donors (Lipinski definition) is 2. The minimum atomic E-state index is 0.161. The highest BCUT2D eigenvalue weighted by Gasteiger charge is 2.23. The van der Waals surface area contributed by atoms with E-state index < -0.39 is 0 Å². The monoisotopic (exact) mass is 307 g/mol. The minimum Gasteiger partial charge on any atom is -0.384 e. The number of nitrogens with two attached hydrogens (primary N) is 1. The Hall–Kier alpha value is -1.20. The summed E-state index contributed by atoms with van der Waals surface area (Å²) in [6, 6.07) is 6.20. The van der Waals surface area contributed by atoms with Gasteiger partial charge in [0.25, 0.3) is 0 Å². The zero-order chi connectivity index (χ0) is 15.2. The lowest BCUT2D eigenvalue weighted by molar-refractivity contribution is 0.0459. The van der Waals surface area contributed by atoms with Crippen LogP contribution in [0.4, 0.5) is 5.69 Å². The number of nitrogens with zero attached hydrogens (tertiary/aromatic N) is 1. The first-order chi connectivity index (χ1) is 10.2. The summed E-state index contributed by atoms with van der Waals surface area (Å²) in [4.78, 5) is 3.45. The standard InChI is InChI=1S/C16H25N3OS/c1-3-20-12-8-10-19(11-9-12)13-6-5-7-14(21-4-2)15(13)16(17)18/h5-7,12H,3-4,8-11H2,1-2H3,(H3,17,18). The van der Waals surface area contributed by atoms with Gasteiger partial charge in [0, 0.05) is 30.3 Å². The first-order valence-corrected chi connectivity index (χ1v) is 8.62. The number of piperidine rings is 1. The van der Waals surface area contributed by atoms with E-state index in [4.69, 9.17) is 15.9 Å². The Morgan fingerprint density at radius 2 is 2.10 bits per heavy atom. The van der Waals surface area contributed by atoms with E-state index in [-0.39, 0.29) is 5.84 Å². The van der Waals surface area contributed by atoms with Crippen molar-refractivity contribution in [3.63, 3.8) is 0 Å². The third kappa shape index (κ3) is 3.92. The summed E-state index contributed by atoms with van der Waals surface area (Å²) in [5.41, 5.74) is 7.83. The normalized spacial score (nSPS) is 16.2. The highest BCUT2D eigenvalue weighted by Crippen LogP contribution is 2.32. The number of nitrogens with one attached hydrogen (secondary N) is 1. The summed E-state index contributed by atoms with van der Waals surface area (Å²) < 4.78 is 5.71. The molecular formula is C16H25N3OS.